The molecule has 0 saturated carbocycles. The van der Waals surface area contributed by atoms with Crippen LogP contribution in [0.25, 0.3) is 0 Å². The van der Waals surface area contributed by atoms with Crippen LogP contribution in [0.5, 0.6) is 5.75 Å². The summed E-state index contributed by atoms with van der Waals surface area (Å²) >= 11 is 3.46. The van der Waals surface area contributed by atoms with Gasteiger partial charge < -0.3 is 19.9 Å². The molecule has 0 fully saturated rings. The summed E-state index contributed by atoms with van der Waals surface area (Å²) in [4.78, 5) is 18.5. The van der Waals surface area contributed by atoms with Crippen LogP contribution in [-0.4, -0.2) is 48.9 Å². The summed E-state index contributed by atoms with van der Waals surface area (Å²) in [5.74, 6) is 0.596. The number of ether oxygens (including phenoxy) is 2. The molecule has 8 heteroatoms. The molecule has 2 N–H and O–H groups in total. The number of amides is 1. The second-order valence-corrected chi connectivity index (χ2v) is 9.36. The van der Waals surface area contributed by atoms with Crippen LogP contribution in [0.4, 0.5) is 4.39 Å². The lowest BCUT2D eigenvalue weighted by molar-refractivity contribution is -0.129. The van der Waals surface area contributed by atoms with E-state index in [0.29, 0.717) is 30.2 Å². The lowest BCUT2D eigenvalue weighted by Crippen LogP contribution is -2.50. The maximum atomic E-state index is 13.6. The van der Waals surface area contributed by atoms with Crippen molar-refractivity contribution in [3.63, 3.8) is 0 Å². The highest BCUT2D eigenvalue weighted by Crippen LogP contribution is 2.42. The molecule has 1 aliphatic rings. The number of carbonyl (C=O) groups excluding carboxylic acids is 1. The Bertz CT molecular complexity index is 1170. The van der Waals surface area contributed by atoms with Gasteiger partial charge in [0.2, 0.25) is 5.90 Å². The van der Waals surface area contributed by atoms with Gasteiger partial charge in [-0.2, -0.15) is 0 Å². The monoisotopic (exact) mass is 554 g/mol. The van der Waals surface area contributed by atoms with Gasteiger partial charge >= 0.3 is 0 Å². The second-order valence-electron chi connectivity index (χ2n) is 8.45. The van der Waals surface area contributed by atoms with E-state index in [1.54, 1.807) is 12.1 Å². The van der Waals surface area contributed by atoms with E-state index < -0.39 is 24.2 Å². The molecular weight excluding hydrogens is 527 g/mol. The van der Waals surface area contributed by atoms with Crippen molar-refractivity contribution in [3.8, 4) is 5.75 Å². The van der Waals surface area contributed by atoms with E-state index in [1.165, 1.54) is 0 Å². The van der Waals surface area contributed by atoms with Crippen LogP contribution >= 0.6 is 15.9 Å². The van der Waals surface area contributed by atoms with Gasteiger partial charge in [0.1, 0.15) is 12.4 Å². The average molecular weight is 555 g/mol. The Morgan fingerprint density at radius 3 is 2.47 bits per heavy atom. The fourth-order valence-corrected chi connectivity index (χ4v) is 4.41. The summed E-state index contributed by atoms with van der Waals surface area (Å²) in [7, 11) is 0. The van der Waals surface area contributed by atoms with Crippen molar-refractivity contribution in [2.75, 3.05) is 26.4 Å². The Morgan fingerprint density at radius 1 is 1.08 bits per heavy atom. The molecule has 0 bridgehead atoms. The number of hydrogen-bond donors (Lipinski definition) is 2. The van der Waals surface area contributed by atoms with Crippen LogP contribution in [0.2, 0.25) is 0 Å². The van der Waals surface area contributed by atoms with Gasteiger partial charge in [0, 0.05) is 36.0 Å². The maximum Gasteiger partial charge on any atom is 0.252 e. The molecule has 1 amide bonds. The molecule has 0 spiro atoms. The number of alkyl halides is 1. The number of aliphatic imine (C=N–C) groups is 1. The zero-order valence-electron chi connectivity index (χ0n) is 19.7. The quantitative estimate of drug-likeness (QED) is 0.334. The third kappa shape index (κ3) is 5.94. The summed E-state index contributed by atoms with van der Waals surface area (Å²) in [6.07, 6.45) is 0.0990. The summed E-state index contributed by atoms with van der Waals surface area (Å²) in [5, 5.41) is 11.7. The number of benzene rings is 3. The first-order valence-corrected chi connectivity index (χ1v) is 12.6. The van der Waals surface area contributed by atoms with Crippen LogP contribution in [0.1, 0.15) is 29.2 Å². The number of aliphatic hydroxyl groups excluding tert-OH is 1. The van der Waals surface area contributed by atoms with Crippen LogP contribution < -0.4 is 10.1 Å². The number of nitrogens with zero attached hydrogens (tertiary/aromatic N) is 1. The predicted octanol–water partition coefficient (Wildman–Crippen LogP) is 4.80. The molecule has 36 heavy (non-hydrogen) atoms. The Kier molecular flexibility index (Phi) is 8.72. The third-order valence-corrected chi connectivity index (χ3v) is 6.43. The van der Waals surface area contributed by atoms with E-state index in [4.69, 9.17) is 19.6 Å². The molecule has 0 unspecified atom stereocenters. The Balaban J connectivity index is 1.75. The molecule has 0 radical (unpaired) electrons. The molecule has 3 aromatic rings. The van der Waals surface area contributed by atoms with Gasteiger partial charge in [-0.3, -0.25) is 4.79 Å². The highest BCUT2D eigenvalue weighted by Gasteiger charge is 2.53. The largest absolute Gasteiger partial charge is 0.494 e. The van der Waals surface area contributed by atoms with E-state index in [9.17, 15) is 9.18 Å². The van der Waals surface area contributed by atoms with E-state index >= 15 is 0 Å². The lowest BCUT2D eigenvalue weighted by atomic mass is 9.82. The summed E-state index contributed by atoms with van der Waals surface area (Å²) in [6.45, 7) is -0.305. The van der Waals surface area contributed by atoms with Gasteiger partial charge in [-0.05, 0) is 47.5 Å². The molecule has 188 valence electrons. The first-order chi connectivity index (χ1) is 17.6. The Labute approximate surface area is 218 Å². The standard InChI is InChI=1S/C28H28BrFN2O4/c29-23-11-7-21(8-12-23)25-28(27(34)31-16-15-30,19-20-5-2-1-3-6-20)32-26(36-25)22-9-13-24(14-10-22)35-18-4-17-33/h1-3,5-14,25,33H,4,15-19H2,(H,31,34)/t25-,28-/m1/s1. The number of aliphatic hydroxyl groups is 1. The fraction of sp³-hybridized carbons (Fsp3) is 0.286. The fourth-order valence-electron chi connectivity index (χ4n) is 4.14. The van der Waals surface area contributed by atoms with Crippen LogP contribution in [0, 0.1) is 0 Å². The molecule has 1 aliphatic heterocycles. The zero-order valence-corrected chi connectivity index (χ0v) is 21.3. The number of carbonyl (C=O) groups is 1. The number of nitrogens with one attached hydrogen (secondary N) is 1. The molecule has 6 nitrogen and oxygen atoms in total. The second kappa shape index (κ2) is 12.1. The minimum absolute atomic E-state index is 0.0636. The zero-order chi connectivity index (χ0) is 25.4. The molecule has 0 saturated heterocycles. The lowest BCUT2D eigenvalue weighted by Gasteiger charge is -2.30. The highest BCUT2D eigenvalue weighted by molar-refractivity contribution is 9.10. The predicted molar refractivity (Wildman–Crippen MR) is 140 cm³/mol. The molecule has 0 aromatic heterocycles. The van der Waals surface area contributed by atoms with Crippen molar-refractivity contribution in [3.05, 3.63) is 100 Å². The van der Waals surface area contributed by atoms with Crippen molar-refractivity contribution in [1.82, 2.24) is 5.32 Å². The van der Waals surface area contributed by atoms with E-state index in [0.717, 1.165) is 15.6 Å². The first kappa shape index (κ1) is 25.9. The van der Waals surface area contributed by atoms with Gasteiger partial charge in [0.25, 0.3) is 5.91 Å². The minimum atomic E-state index is -1.34. The van der Waals surface area contributed by atoms with E-state index in [1.807, 2.05) is 66.7 Å². The van der Waals surface area contributed by atoms with Gasteiger partial charge in [-0.1, -0.05) is 58.4 Å². The van der Waals surface area contributed by atoms with Crippen molar-refractivity contribution < 1.29 is 23.8 Å². The topological polar surface area (TPSA) is 80.2 Å². The summed E-state index contributed by atoms with van der Waals surface area (Å²) < 4.78 is 26.0. The van der Waals surface area contributed by atoms with Gasteiger partial charge in [-0.25, -0.2) is 9.38 Å². The molecule has 1 heterocycles. The minimum Gasteiger partial charge on any atom is -0.494 e. The molecule has 3 aromatic carbocycles. The van der Waals surface area contributed by atoms with Crippen LogP contribution in [-0.2, 0) is 16.0 Å². The smallest absolute Gasteiger partial charge is 0.252 e. The van der Waals surface area contributed by atoms with E-state index in [-0.39, 0.29) is 19.6 Å². The average Bonchev–Trinajstić information content (AvgIpc) is 3.29. The van der Waals surface area contributed by atoms with Crippen molar-refractivity contribution in [2.24, 2.45) is 4.99 Å². The molecule has 4 rings (SSSR count). The highest BCUT2D eigenvalue weighted by atomic mass is 79.9. The summed E-state index contributed by atoms with van der Waals surface area (Å²) in [5.41, 5.74) is 1.05. The number of hydrogen-bond acceptors (Lipinski definition) is 5. The first-order valence-electron chi connectivity index (χ1n) is 11.8. The van der Waals surface area contributed by atoms with Crippen molar-refractivity contribution in [1.29, 1.82) is 0 Å². The molecule has 2 atom stereocenters. The third-order valence-electron chi connectivity index (χ3n) is 5.90. The van der Waals surface area contributed by atoms with Crippen LogP contribution in [0.3, 0.4) is 0 Å². The van der Waals surface area contributed by atoms with Crippen LogP contribution in [0.15, 0.2) is 88.3 Å². The Hall–Kier alpha value is -3.23. The normalized spacial score (nSPS) is 18.9. The SMILES string of the molecule is O=C(NCCF)[C@]1(Cc2ccccc2)N=C(c2ccc(OCCCO)cc2)O[C@@H]1c1ccc(Br)cc1. The molecule has 0 aliphatic carbocycles. The van der Waals surface area contributed by atoms with Crippen molar-refractivity contribution >= 4 is 27.7 Å². The van der Waals surface area contributed by atoms with Crippen molar-refractivity contribution in [2.45, 2.75) is 24.5 Å². The van der Waals surface area contributed by atoms with Gasteiger partial charge in [0.05, 0.1) is 6.61 Å². The molecular formula is C28H28BrFN2O4. The number of halogens is 2. The van der Waals surface area contributed by atoms with Gasteiger partial charge in [0.15, 0.2) is 11.6 Å². The number of rotatable bonds is 11. The van der Waals surface area contributed by atoms with E-state index in [2.05, 4.69) is 21.2 Å². The summed E-state index contributed by atoms with van der Waals surface area (Å²) in [6, 6.07) is 24.4. The van der Waals surface area contributed by atoms with Gasteiger partial charge in [-0.15, -0.1) is 0 Å². The Morgan fingerprint density at radius 2 is 1.81 bits per heavy atom. The maximum absolute atomic E-state index is 13.6.